The van der Waals surface area contributed by atoms with E-state index in [1.807, 2.05) is 0 Å². The molecule has 0 saturated carbocycles. The largest absolute Gasteiger partial charge is 0.389 e. The van der Waals surface area contributed by atoms with Gasteiger partial charge in [-0.05, 0) is 6.42 Å². The van der Waals surface area contributed by atoms with Crippen molar-refractivity contribution >= 4 is 0 Å². The summed E-state index contributed by atoms with van der Waals surface area (Å²) < 4.78 is 12.0. The van der Waals surface area contributed by atoms with Crippen LogP contribution in [0, 0.1) is 0 Å². The number of alkyl halides is 1. The van der Waals surface area contributed by atoms with Crippen LogP contribution in [0.2, 0.25) is 0 Å². The fourth-order valence-corrected chi connectivity index (χ4v) is 0.606. The molecule has 0 aromatic rings. The Bertz CT molecular complexity index is 90.1. The zero-order valence-corrected chi connectivity index (χ0v) is 3.84. The molecule has 2 atom stereocenters. The van der Waals surface area contributed by atoms with Crippen LogP contribution in [0.25, 0.3) is 0 Å². The smallest absolute Gasteiger partial charge is 0.144 e. The molecule has 1 nitrogen and oxygen atoms in total. The Morgan fingerprint density at radius 2 is 2.43 bits per heavy atom. The van der Waals surface area contributed by atoms with Gasteiger partial charge in [-0.1, -0.05) is 12.2 Å². The van der Waals surface area contributed by atoms with E-state index in [1.165, 1.54) is 6.08 Å². The average molecular weight is 102 g/mol. The Labute approximate surface area is 41.5 Å². The standard InChI is InChI=1S/C5H7FO/c6-4-2-1-3-5(4)7/h1-2,4-5,7H,3H2/t4-,5-/m1/s1. The summed E-state index contributed by atoms with van der Waals surface area (Å²) >= 11 is 0. The number of hydrogen-bond acceptors (Lipinski definition) is 1. The summed E-state index contributed by atoms with van der Waals surface area (Å²) in [7, 11) is 0. The van der Waals surface area contributed by atoms with Gasteiger partial charge in [0, 0.05) is 0 Å². The molecule has 0 bridgehead atoms. The van der Waals surface area contributed by atoms with Crippen LogP contribution in [0.5, 0.6) is 0 Å². The van der Waals surface area contributed by atoms with Crippen LogP contribution in [0.1, 0.15) is 6.42 Å². The fourth-order valence-electron chi connectivity index (χ4n) is 0.606. The summed E-state index contributed by atoms with van der Waals surface area (Å²) in [6.07, 6.45) is 1.63. The minimum atomic E-state index is -1.11. The fraction of sp³-hybridized carbons (Fsp3) is 0.600. The molecule has 1 N–H and O–H groups in total. The molecule has 1 aliphatic carbocycles. The Morgan fingerprint density at radius 3 is 2.57 bits per heavy atom. The first kappa shape index (κ1) is 4.78. The Balaban J connectivity index is 2.45. The van der Waals surface area contributed by atoms with Crippen molar-refractivity contribution in [3.8, 4) is 0 Å². The zero-order valence-electron chi connectivity index (χ0n) is 3.84. The van der Waals surface area contributed by atoms with Crippen LogP contribution in [-0.4, -0.2) is 17.4 Å². The second kappa shape index (κ2) is 1.62. The van der Waals surface area contributed by atoms with E-state index in [0.29, 0.717) is 6.42 Å². The molecule has 0 aromatic carbocycles. The van der Waals surface area contributed by atoms with Crippen molar-refractivity contribution in [2.24, 2.45) is 0 Å². The van der Waals surface area contributed by atoms with Crippen molar-refractivity contribution < 1.29 is 9.50 Å². The van der Waals surface area contributed by atoms with Crippen LogP contribution in [0.3, 0.4) is 0 Å². The van der Waals surface area contributed by atoms with Gasteiger partial charge in [-0.25, -0.2) is 4.39 Å². The molecule has 0 radical (unpaired) electrons. The third kappa shape index (κ3) is 0.800. The normalized spacial score (nSPS) is 39.7. The number of hydrogen-bond donors (Lipinski definition) is 1. The zero-order chi connectivity index (χ0) is 5.28. The molecule has 2 heteroatoms. The van der Waals surface area contributed by atoms with E-state index in [-0.39, 0.29) is 0 Å². The highest BCUT2D eigenvalue weighted by molar-refractivity contribution is 5.02. The highest BCUT2D eigenvalue weighted by Gasteiger charge is 2.17. The minimum Gasteiger partial charge on any atom is -0.389 e. The van der Waals surface area contributed by atoms with Crippen molar-refractivity contribution in [1.82, 2.24) is 0 Å². The van der Waals surface area contributed by atoms with Gasteiger partial charge in [-0.2, -0.15) is 0 Å². The summed E-state index contributed by atoms with van der Waals surface area (Å²) in [5, 5.41) is 8.56. The van der Waals surface area contributed by atoms with Crippen molar-refractivity contribution in [1.29, 1.82) is 0 Å². The third-order valence-corrected chi connectivity index (χ3v) is 1.07. The molecule has 0 heterocycles. The molecule has 0 aliphatic heterocycles. The predicted octanol–water partition coefficient (Wildman–Crippen LogP) is 0.645. The van der Waals surface area contributed by atoms with Crippen molar-refractivity contribution in [3.63, 3.8) is 0 Å². The minimum absolute atomic E-state index is 0.473. The van der Waals surface area contributed by atoms with Gasteiger partial charge in [0.15, 0.2) is 0 Å². The van der Waals surface area contributed by atoms with Crippen molar-refractivity contribution in [2.45, 2.75) is 18.7 Å². The van der Waals surface area contributed by atoms with Crippen LogP contribution in [0.15, 0.2) is 12.2 Å². The molecule has 40 valence electrons. The molecular weight excluding hydrogens is 95.1 g/mol. The van der Waals surface area contributed by atoms with E-state index >= 15 is 0 Å². The lowest BCUT2D eigenvalue weighted by atomic mass is 10.3. The van der Waals surface area contributed by atoms with E-state index in [9.17, 15) is 4.39 Å². The van der Waals surface area contributed by atoms with Crippen LogP contribution < -0.4 is 0 Å². The van der Waals surface area contributed by atoms with Crippen LogP contribution in [0.4, 0.5) is 4.39 Å². The highest BCUT2D eigenvalue weighted by Crippen LogP contribution is 2.12. The second-order valence-corrected chi connectivity index (χ2v) is 1.68. The number of aliphatic hydroxyl groups excluding tert-OH is 1. The maximum absolute atomic E-state index is 12.0. The molecule has 7 heavy (non-hydrogen) atoms. The van der Waals surface area contributed by atoms with E-state index in [0.717, 1.165) is 0 Å². The van der Waals surface area contributed by atoms with Crippen molar-refractivity contribution in [2.75, 3.05) is 0 Å². The first-order valence-electron chi connectivity index (χ1n) is 2.29. The molecule has 0 amide bonds. The highest BCUT2D eigenvalue weighted by atomic mass is 19.1. The van der Waals surface area contributed by atoms with Gasteiger partial charge >= 0.3 is 0 Å². The monoisotopic (exact) mass is 102 g/mol. The van der Waals surface area contributed by atoms with Gasteiger partial charge in [-0.15, -0.1) is 0 Å². The maximum atomic E-state index is 12.0. The van der Waals surface area contributed by atoms with Gasteiger partial charge in [0.25, 0.3) is 0 Å². The molecule has 1 aliphatic rings. The molecule has 0 spiro atoms. The summed E-state index contributed by atoms with van der Waals surface area (Å²) in [6.45, 7) is 0. The van der Waals surface area contributed by atoms with E-state index < -0.39 is 12.3 Å². The number of halogens is 1. The Hall–Kier alpha value is -0.370. The lowest BCUT2D eigenvalue weighted by Crippen LogP contribution is -2.12. The first-order valence-corrected chi connectivity index (χ1v) is 2.29. The molecule has 0 aromatic heterocycles. The van der Waals surface area contributed by atoms with Crippen LogP contribution >= 0.6 is 0 Å². The lowest BCUT2D eigenvalue weighted by molar-refractivity contribution is 0.116. The number of aliphatic hydroxyl groups is 1. The average Bonchev–Trinajstić information content (AvgIpc) is 1.91. The Morgan fingerprint density at radius 1 is 1.71 bits per heavy atom. The SMILES string of the molecule is O[C@@H]1CC=C[C@H]1F. The van der Waals surface area contributed by atoms with E-state index in [4.69, 9.17) is 5.11 Å². The molecule has 0 fully saturated rings. The van der Waals surface area contributed by atoms with Gasteiger partial charge in [-0.3, -0.25) is 0 Å². The molecular formula is C5H7FO. The Kier molecular flexibility index (Phi) is 1.11. The quantitative estimate of drug-likeness (QED) is 0.445. The predicted molar refractivity (Wildman–Crippen MR) is 24.7 cm³/mol. The summed E-state index contributed by atoms with van der Waals surface area (Å²) in [5.74, 6) is 0. The second-order valence-electron chi connectivity index (χ2n) is 1.68. The van der Waals surface area contributed by atoms with E-state index in [2.05, 4.69) is 0 Å². The summed E-state index contributed by atoms with van der Waals surface area (Å²) in [6, 6.07) is 0. The van der Waals surface area contributed by atoms with Gasteiger partial charge in [0.1, 0.15) is 6.17 Å². The van der Waals surface area contributed by atoms with Gasteiger partial charge in [0.05, 0.1) is 6.10 Å². The first-order chi connectivity index (χ1) is 3.30. The summed E-state index contributed by atoms with van der Waals surface area (Å²) in [4.78, 5) is 0. The maximum Gasteiger partial charge on any atom is 0.144 e. The molecule has 0 unspecified atom stereocenters. The summed E-state index contributed by atoms with van der Waals surface area (Å²) in [5.41, 5.74) is 0. The lowest BCUT2D eigenvalue weighted by Gasteiger charge is -2.00. The van der Waals surface area contributed by atoms with Crippen LogP contribution in [-0.2, 0) is 0 Å². The van der Waals surface area contributed by atoms with E-state index in [1.54, 1.807) is 6.08 Å². The van der Waals surface area contributed by atoms with Gasteiger partial charge < -0.3 is 5.11 Å². The van der Waals surface area contributed by atoms with Crippen molar-refractivity contribution in [3.05, 3.63) is 12.2 Å². The molecule has 0 saturated heterocycles. The molecule has 1 rings (SSSR count). The topological polar surface area (TPSA) is 20.2 Å². The van der Waals surface area contributed by atoms with Gasteiger partial charge in [0.2, 0.25) is 0 Å². The number of rotatable bonds is 0. The third-order valence-electron chi connectivity index (χ3n) is 1.07.